The molecular weight excluding hydrogens is 578 g/mol. The molecule has 0 unspecified atom stereocenters. The fourth-order valence-electron chi connectivity index (χ4n) is 5.06. The van der Waals surface area contributed by atoms with Crippen LogP contribution in [-0.4, -0.2) is 67.0 Å². The minimum absolute atomic E-state index is 1.86. The van der Waals surface area contributed by atoms with Crippen molar-refractivity contribution in [3.63, 3.8) is 0 Å². The number of halogens is 3. The van der Waals surface area contributed by atoms with Crippen LogP contribution in [-0.2, 0) is 0 Å². The van der Waals surface area contributed by atoms with Crippen LogP contribution in [0.25, 0.3) is 0 Å². The quantitative estimate of drug-likeness (QED) is 0.135. The van der Waals surface area contributed by atoms with Gasteiger partial charge in [-0.1, -0.05) is 0 Å². The van der Waals surface area contributed by atoms with Gasteiger partial charge in [-0.25, -0.2) is 0 Å². The van der Waals surface area contributed by atoms with E-state index in [-0.39, 0.29) is 0 Å². The molecule has 0 saturated carbocycles. The van der Waals surface area contributed by atoms with E-state index in [0.29, 0.717) is 0 Å². The van der Waals surface area contributed by atoms with E-state index < -0.39 is 54.4 Å². The molecule has 0 heterocycles. The Morgan fingerprint density at radius 2 is 0.500 bits per heavy atom. The van der Waals surface area contributed by atoms with Crippen molar-refractivity contribution >= 4 is 88.1 Å². The van der Waals surface area contributed by atoms with Gasteiger partial charge in [0.1, 0.15) is 0 Å². The Morgan fingerprint density at radius 1 is 0.344 bits per heavy atom. The van der Waals surface area contributed by atoms with Crippen molar-refractivity contribution < 1.29 is 0 Å². The molecule has 0 fully saturated rings. The molecule has 4 nitrogen and oxygen atoms in total. The number of hydrogen-bond donors (Lipinski definition) is 0. The first kappa shape index (κ1) is 34.4. The van der Waals surface area contributed by atoms with Crippen LogP contribution in [0.5, 0.6) is 0 Å². The van der Waals surface area contributed by atoms with Crippen LogP contribution < -0.4 is 0 Å². The summed E-state index contributed by atoms with van der Waals surface area (Å²) < 4.78 is 10.2. The topological polar surface area (TPSA) is 13.0 Å². The van der Waals surface area contributed by atoms with Crippen molar-refractivity contribution in [1.29, 1.82) is 0 Å². The Hall–Kier alpha value is 2.44. The average Bonchev–Trinajstić information content (AvgIpc) is 2.32. The van der Waals surface area contributed by atoms with Crippen molar-refractivity contribution in [2.75, 3.05) is 0 Å². The van der Waals surface area contributed by atoms with Crippen molar-refractivity contribution in [1.82, 2.24) is 17.6 Å². The van der Waals surface area contributed by atoms with Crippen LogP contribution in [0.3, 0.4) is 0 Å². The van der Waals surface area contributed by atoms with Gasteiger partial charge in [0.05, 0.1) is 0 Å². The first-order chi connectivity index (χ1) is 13.3. The molecule has 0 amide bonds. The van der Waals surface area contributed by atoms with Crippen molar-refractivity contribution in [3.05, 3.63) is 0 Å². The molecule has 196 valence electrons. The fourth-order valence-corrected chi connectivity index (χ4v) is 61.7. The second kappa shape index (κ2) is 9.63. The SMILES string of the molecule is C[Si](C)(C)N(N([Si](C)(C)C)P(Cl)(Cl)(Cl)N(N([Si](C)(C)C)[Si](C)(C)C)[Si](C)(C)C)[Si](C)(C)C. The molecular formula is C18H54Cl3N4PSi6. The molecule has 0 saturated heterocycles. The fraction of sp³-hybridized carbons (Fsp3) is 1.00. The molecule has 0 radical (unpaired) electrons. The van der Waals surface area contributed by atoms with E-state index in [0.717, 1.165) is 0 Å². The molecule has 0 atom stereocenters. The second-order valence-electron chi connectivity index (χ2n) is 15.0. The predicted octanol–water partition coefficient (Wildman–Crippen LogP) is 9.88. The molecule has 0 N–H and O–H groups in total. The van der Waals surface area contributed by atoms with Gasteiger partial charge in [-0.2, -0.15) is 0 Å². The van der Waals surface area contributed by atoms with Gasteiger partial charge < -0.3 is 0 Å². The van der Waals surface area contributed by atoms with Crippen molar-refractivity contribution in [3.8, 4) is 0 Å². The summed E-state index contributed by atoms with van der Waals surface area (Å²) in [6.07, 6.45) is 0. The van der Waals surface area contributed by atoms with Crippen LogP contribution in [0.4, 0.5) is 0 Å². The van der Waals surface area contributed by atoms with Crippen LogP contribution in [0, 0.1) is 0 Å². The third-order valence-electron chi connectivity index (χ3n) is 4.72. The molecule has 32 heavy (non-hydrogen) atoms. The van der Waals surface area contributed by atoms with Crippen LogP contribution in [0.1, 0.15) is 0 Å². The maximum atomic E-state index is 7.89. The van der Waals surface area contributed by atoms with E-state index in [1.807, 2.05) is 0 Å². The predicted molar refractivity (Wildman–Crippen MR) is 172 cm³/mol. The van der Waals surface area contributed by atoms with Crippen LogP contribution in [0.2, 0.25) is 118 Å². The monoisotopic (exact) mass is 630 g/mol. The summed E-state index contributed by atoms with van der Waals surface area (Å²) in [5, 5.41) is 0. The molecule has 0 aliphatic rings. The van der Waals surface area contributed by atoms with Gasteiger partial charge in [0.2, 0.25) is 0 Å². The zero-order chi connectivity index (χ0) is 26.8. The summed E-state index contributed by atoms with van der Waals surface area (Å²) in [4.78, 5) is -4.12. The third kappa shape index (κ3) is 8.23. The first-order valence-electron chi connectivity index (χ1n) is 11.6. The summed E-state index contributed by atoms with van der Waals surface area (Å²) in [6, 6.07) is 0. The summed E-state index contributed by atoms with van der Waals surface area (Å²) in [5.41, 5.74) is 0. The first-order valence-corrected chi connectivity index (χ1v) is 37.2. The second-order valence-corrected chi connectivity index (χ2v) is 54.7. The van der Waals surface area contributed by atoms with Crippen molar-refractivity contribution in [2.24, 2.45) is 0 Å². The van der Waals surface area contributed by atoms with E-state index in [2.05, 4.69) is 135 Å². The Bertz CT molecular complexity index is 583. The Balaban J connectivity index is 7.70. The molecule has 0 aromatic heterocycles. The summed E-state index contributed by atoms with van der Waals surface area (Å²) >= 11 is 23.7. The maximum absolute atomic E-state index is 7.89. The molecule has 0 aromatic carbocycles. The van der Waals surface area contributed by atoms with Gasteiger partial charge in [-0.15, -0.1) is 0 Å². The summed E-state index contributed by atoms with van der Waals surface area (Å²) in [7, 11) is -11.6. The average molecular weight is 633 g/mol. The normalized spacial score (nSPS) is 17.5. The minimum atomic E-state index is -4.12. The molecule has 0 aromatic rings. The Morgan fingerprint density at radius 3 is 0.594 bits per heavy atom. The van der Waals surface area contributed by atoms with Crippen molar-refractivity contribution in [2.45, 2.75) is 118 Å². The molecule has 0 aliphatic carbocycles. The third-order valence-corrected chi connectivity index (χ3v) is 35.3. The van der Waals surface area contributed by atoms with Crippen LogP contribution >= 0.6 is 38.7 Å². The number of rotatable bonds is 10. The van der Waals surface area contributed by atoms with Crippen LogP contribution in [0.15, 0.2) is 0 Å². The van der Waals surface area contributed by atoms with Gasteiger partial charge >= 0.3 is 224 Å². The summed E-state index contributed by atoms with van der Waals surface area (Å²) in [5.74, 6) is 0. The Kier molecular flexibility index (Phi) is 10.4. The molecule has 14 heteroatoms. The van der Waals surface area contributed by atoms with Gasteiger partial charge in [-0.05, 0) is 0 Å². The molecule has 0 rings (SSSR count). The zero-order valence-electron chi connectivity index (χ0n) is 24.4. The molecule has 0 bridgehead atoms. The number of nitrogens with zero attached hydrogens (tertiary/aromatic N) is 4. The van der Waals surface area contributed by atoms with E-state index >= 15 is 0 Å². The molecule has 0 aliphatic heterocycles. The van der Waals surface area contributed by atoms with Gasteiger partial charge in [0, 0.05) is 0 Å². The summed E-state index contributed by atoms with van der Waals surface area (Å²) in [6.45, 7) is 43.0. The number of hydrazine groups is 2. The van der Waals surface area contributed by atoms with Gasteiger partial charge in [0.15, 0.2) is 0 Å². The van der Waals surface area contributed by atoms with E-state index in [4.69, 9.17) is 33.7 Å². The number of hydrogen-bond acceptors (Lipinski definition) is 4. The zero-order valence-corrected chi connectivity index (χ0v) is 33.5. The van der Waals surface area contributed by atoms with E-state index in [1.54, 1.807) is 0 Å². The standard InChI is InChI=1S/C18H54Cl3N4PSi6/c1-27(2,3)22(24(29(7,8)9)30(10,11)12)26(19,20,21)23(28(4,5)6)25(31(13,14)15)32(16,17)18/h1-18H3. The molecule has 0 spiro atoms. The van der Waals surface area contributed by atoms with E-state index in [1.165, 1.54) is 0 Å². The van der Waals surface area contributed by atoms with Gasteiger partial charge in [-0.3, -0.25) is 0 Å². The van der Waals surface area contributed by atoms with Gasteiger partial charge in [0.25, 0.3) is 0 Å². The van der Waals surface area contributed by atoms with E-state index in [9.17, 15) is 0 Å². The Labute approximate surface area is 222 Å².